The Morgan fingerprint density at radius 3 is 2.41 bits per heavy atom. The molecule has 0 spiro atoms. The van der Waals surface area contributed by atoms with Crippen molar-refractivity contribution in [3.8, 4) is 11.1 Å². The first kappa shape index (κ1) is 34.5. The van der Waals surface area contributed by atoms with Crippen LogP contribution in [0.2, 0.25) is 0 Å². The van der Waals surface area contributed by atoms with Crippen molar-refractivity contribution in [2.45, 2.75) is 77.2 Å². The molecule has 2 aliphatic heterocycles. The molecule has 4 heterocycles. The SMILES string of the molecule is CCCC1CN(c2ccnn3cc(-c4ccc(C5CCN(C(C)C)CC5)cc4)cc23)CCN1C(=O)OC(CO)C(=O)OCc1ccccc1. The number of nitrogens with zero attached hydrogens (tertiary/aromatic N) is 5. The van der Waals surface area contributed by atoms with Crippen LogP contribution in [0.1, 0.15) is 63.5 Å². The van der Waals surface area contributed by atoms with Gasteiger partial charge in [0.15, 0.2) is 0 Å². The monoisotopic (exact) mass is 667 g/mol. The Morgan fingerprint density at radius 1 is 0.959 bits per heavy atom. The van der Waals surface area contributed by atoms with E-state index in [-0.39, 0.29) is 12.6 Å². The zero-order chi connectivity index (χ0) is 34.3. The van der Waals surface area contributed by atoms with E-state index in [4.69, 9.17) is 9.47 Å². The van der Waals surface area contributed by atoms with Gasteiger partial charge in [-0.3, -0.25) is 0 Å². The summed E-state index contributed by atoms with van der Waals surface area (Å²) in [6.07, 6.45) is 5.94. The van der Waals surface area contributed by atoms with Gasteiger partial charge in [0.05, 0.1) is 23.9 Å². The van der Waals surface area contributed by atoms with Gasteiger partial charge in [-0.1, -0.05) is 67.9 Å². The number of hydrogen-bond acceptors (Lipinski definition) is 8. The number of piperidine rings is 1. The highest BCUT2D eigenvalue weighted by atomic mass is 16.6. The molecule has 1 amide bonds. The Morgan fingerprint density at radius 2 is 1.71 bits per heavy atom. The van der Waals surface area contributed by atoms with Crippen molar-refractivity contribution in [2.24, 2.45) is 0 Å². The van der Waals surface area contributed by atoms with Gasteiger partial charge in [-0.2, -0.15) is 5.10 Å². The van der Waals surface area contributed by atoms with Gasteiger partial charge in [0.25, 0.3) is 0 Å². The molecule has 10 heteroatoms. The number of hydrogen-bond donors (Lipinski definition) is 1. The quantitative estimate of drug-likeness (QED) is 0.191. The van der Waals surface area contributed by atoms with Gasteiger partial charge in [0.1, 0.15) is 6.61 Å². The zero-order valence-electron chi connectivity index (χ0n) is 28.9. The van der Waals surface area contributed by atoms with Crippen LogP contribution in [0.5, 0.6) is 0 Å². The van der Waals surface area contributed by atoms with Crippen LogP contribution in [0.3, 0.4) is 0 Å². The number of anilines is 1. The van der Waals surface area contributed by atoms with Crippen LogP contribution >= 0.6 is 0 Å². The maximum Gasteiger partial charge on any atom is 0.411 e. The van der Waals surface area contributed by atoms with Crippen LogP contribution in [-0.2, 0) is 20.9 Å². The first-order valence-corrected chi connectivity index (χ1v) is 17.7. The number of aliphatic hydroxyl groups is 1. The number of fused-ring (bicyclic) bond motifs is 1. The predicted molar refractivity (Wildman–Crippen MR) is 191 cm³/mol. The van der Waals surface area contributed by atoms with Crippen molar-refractivity contribution in [3.63, 3.8) is 0 Å². The highest BCUT2D eigenvalue weighted by Gasteiger charge is 2.35. The lowest BCUT2D eigenvalue weighted by atomic mass is 9.88. The number of benzene rings is 2. The number of esters is 1. The molecule has 1 N–H and O–H groups in total. The number of aliphatic hydroxyl groups excluding tert-OH is 1. The van der Waals surface area contributed by atoms with Gasteiger partial charge in [0.2, 0.25) is 6.10 Å². The van der Waals surface area contributed by atoms with Crippen LogP contribution in [-0.4, -0.2) is 94.1 Å². The lowest BCUT2D eigenvalue weighted by Crippen LogP contribution is -2.56. The van der Waals surface area contributed by atoms with E-state index < -0.39 is 24.8 Å². The summed E-state index contributed by atoms with van der Waals surface area (Å²) >= 11 is 0. The molecule has 260 valence electrons. The second-order valence-corrected chi connectivity index (χ2v) is 13.5. The fraction of sp³-hybridized carbons (Fsp3) is 0.462. The summed E-state index contributed by atoms with van der Waals surface area (Å²) in [6, 6.07) is 23.0. The summed E-state index contributed by atoms with van der Waals surface area (Å²) < 4.78 is 12.8. The predicted octanol–water partition coefficient (Wildman–Crippen LogP) is 6.12. The molecule has 2 aromatic heterocycles. The molecular formula is C39H49N5O5. The van der Waals surface area contributed by atoms with Crippen molar-refractivity contribution in [3.05, 3.63) is 90.3 Å². The Hall–Kier alpha value is -4.41. The summed E-state index contributed by atoms with van der Waals surface area (Å²) in [4.78, 5) is 32.6. The molecule has 2 aliphatic rings. The van der Waals surface area contributed by atoms with Gasteiger partial charge in [-0.25, -0.2) is 14.1 Å². The molecule has 0 bridgehead atoms. The normalized spacial score (nSPS) is 18.2. The van der Waals surface area contributed by atoms with Crippen LogP contribution in [0.25, 0.3) is 16.6 Å². The van der Waals surface area contributed by atoms with Crippen molar-refractivity contribution >= 4 is 23.3 Å². The van der Waals surface area contributed by atoms with E-state index in [1.54, 1.807) is 4.90 Å². The third-order valence-corrected chi connectivity index (χ3v) is 10.0. The summed E-state index contributed by atoms with van der Waals surface area (Å²) in [5, 5.41) is 14.5. The molecule has 0 radical (unpaired) electrons. The Bertz CT molecular complexity index is 1680. The van der Waals surface area contributed by atoms with Gasteiger partial charge < -0.3 is 29.3 Å². The largest absolute Gasteiger partial charge is 0.458 e. The van der Waals surface area contributed by atoms with Gasteiger partial charge in [-0.15, -0.1) is 0 Å². The molecule has 2 atom stereocenters. The Labute approximate surface area is 289 Å². The second-order valence-electron chi connectivity index (χ2n) is 13.5. The Kier molecular flexibility index (Phi) is 11.2. The number of rotatable bonds is 11. The summed E-state index contributed by atoms with van der Waals surface area (Å²) in [6.45, 7) is 9.96. The van der Waals surface area contributed by atoms with E-state index in [0.717, 1.165) is 53.8 Å². The van der Waals surface area contributed by atoms with E-state index in [1.165, 1.54) is 18.4 Å². The smallest absolute Gasteiger partial charge is 0.411 e. The standard InChI is InChI=1S/C39H49N5O5/c1-4-8-34-25-42(21-22-43(34)39(47)49-37(26-45)38(46)48-27-29-9-6-5-7-10-29)35-15-18-40-44-24-33(23-36(35)44)31-13-11-30(12-14-31)32-16-19-41(20-17-32)28(2)3/h5-7,9-15,18,23-24,28,32,34,37,45H,4,8,16-17,19-22,25-27H2,1-3H3. The number of amides is 1. The number of carbonyl (C=O) groups is 2. The first-order valence-electron chi connectivity index (χ1n) is 17.7. The molecular weight excluding hydrogens is 618 g/mol. The number of ether oxygens (including phenoxy) is 2. The van der Waals surface area contributed by atoms with Gasteiger partial charge in [-0.05, 0) is 80.9 Å². The second kappa shape index (κ2) is 15.9. The minimum atomic E-state index is -1.39. The van der Waals surface area contributed by atoms with Crippen molar-refractivity contribution in [2.75, 3.05) is 44.2 Å². The summed E-state index contributed by atoms with van der Waals surface area (Å²) in [5.74, 6) is -0.157. The Balaban J connectivity index is 1.11. The summed E-state index contributed by atoms with van der Waals surface area (Å²) in [5.41, 5.74) is 6.57. The van der Waals surface area contributed by atoms with E-state index in [0.29, 0.717) is 31.6 Å². The lowest BCUT2D eigenvalue weighted by Gasteiger charge is -2.42. The lowest BCUT2D eigenvalue weighted by molar-refractivity contribution is -0.157. The van der Waals surface area contributed by atoms with E-state index >= 15 is 0 Å². The number of likely N-dealkylation sites (tertiary alicyclic amines) is 1. The highest BCUT2D eigenvalue weighted by Crippen LogP contribution is 2.33. The molecule has 49 heavy (non-hydrogen) atoms. The molecule has 0 aliphatic carbocycles. The third-order valence-electron chi connectivity index (χ3n) is 10.0. The minimum absolute atomic E-state index is 0.0377. The van der Waals surface area contributed by atoms with Gasteiger partial charge in [0, 0.05) is 43.6 Å². The highest BCUT2D eigenvalue weighted by molar-refractivity contribution is 5.81. The van der Waals surface area contributed by atoms with E-state index in [9.17, 15) is 14.7 Å². The molecule has 2 unspecified atom stereocenters. The maximum absolute atomic E-state index is 13.4. The van der Waals surface area contributed by atoms with Crippen LogP contribution in [0.15, 0.2) is 79.1 Å². The van der Waals surface area contributed by atoms with Crippen LogP contribution in [0, 0.1) is 0 Å². The van der Waals surface area contributed by atoms with Crippen LogP contribution < -0.4 is 4.90 Å². The fourth-order valence-electron chi connectivity index (χ4n) is 7.19. The maximum atomic E-state index is 13.4. The average molecular weight is 668 g/mol. The molecule has 4 aromatic rings. The first-order chi connectivity index (χ1) is 23.8. The van der Waals surface area contributed by atoms with Crippen LogP contribution in [0.4, 0.5) is 10.5 Å². The molecule has 2 fully saturated rings. The van der Waals surface area contributed by atoms with Crippen molar-refractivity contribution < 1.29 is 24.2 Å². The van der Waals surface area contributed by atoms with Crippen molar-refractivity contribution in [1.82, 2.24) is 19.4 Å². The topological polar surface area (TPSA) is 99.9 Å². The number of piperazine rings is 1. The molecule has 10 nitrogen and oxygen atoms in total. The number of carbonyl (C=O) groups excluding carboxylic acids is 2. The average Bonchev–Trinajstić information content (AvgIpc) is 3.58. The number of aromatic nitrogens is 2. The minimum Gasteiger partial charge on any atom is -0.458 e. The summed E-state index contributed by atoms with van der Waals surface area (Å²) in [7, 11) is 0. The molecule has 2 saturated heterocycles. The van der Waals surface area contributed by atoms with E-state index in [2.05, 4.69) is 72.2 Å². The van der Waals surface area contributed by atoms with Gasteiger partial charge >= 0.3 is 12.1 Å². The zero-order valence-corrected chi connectivity index (χ0v) is 28.9. The molecule has 6 rings (SSSR count). The van der Waals surface area contributed by atoms with E-state index in [1.807, 2.05) is 47.1 Å². The molecule has 0 saturated carbocycles. The van der Waals surface area contributed by atoms with Crippen molar-refractivity contribution in [1.29, 1.82) is 0 Å². The third kappa shape index (κ3) is 8.08. The molecule has 2 aromatic carbocycles. The fourth-order valence-corrected chi connectivity index (χ4v) is 7.19.